The van der Waals surface area contributed by atoms with Crippen LogP contribution in [0.25, 0.3) is 11.0 Å². The molecule has 2 bridgehead atoms. The molecule has 10 heteroatoms. The number of benzene rings is 1. The van der Waals surface area contributed by atoms with Crippen LogP contribution in [0, 0.1) is 11.8 Å². The van der Waals surface area contributed by atoms with Crippen molar-refractivity contribution in [2.75, 3.05) is 16.3 Å². The molecule has 0 radical (unpaired) electrons. The van der Waals surface area contributed by atoms with Gasteiger partial charge in [0.05, 0.1) is 29.1 Å². The number of nitrogens with one attached hydrogen (secondary N) is 3. The van der Waals surface area contributed by atoms with Gasteiger partial charge in [-0.15, -0.1) is 0 Å². The molecule has 2 aliphatic carbocycles. The zero-order chi connectivity index (χ0) is 23.9. The van der Waals surface area contributed by atoms with E-state index in [1.807, 2.05) is 11.6 Å². The molecule has 1 amide bonds. The Bertz CT molecular complexity index is 1320. The van der Waals surface area contributed by atoms with E-state index in [-0.39, 0.29) is 5.91 Å². The van der Waals surface area contributed by atoms with Crippen molar-refractivity contribution >= 4 is 38.3 Å². The summed E-state index contributed by atoms with van der Waals surface area (Å²) in [5.41, 5.74) is 3.45. The lowest BCUT2D eigenvalue weighted by Gasteiger charge is -2.25. The zero-order valence-corrected chi connectivity index (χ0v) is 20.2. The van der Waals surface area contributed by atoms with Crippen LogP contribution in [0.3, 0.4) is 0 Å². The van der Waals surface area contributed by atoms with Crippen molar-refractivity contribution < 1.29 is 13.2 Å². The average molecular weight is 483 g/mol. The van der Waals surface area contributed by atoms with Crippen LogP contribution in [0.2, 0.25) is 0 Å². The van der Waals surface area contributed by atoms with Crippen molar-refractivity contribution in [2.45, 2.75) is 51.7 Å². The maximum Gasteiger partial charge on any atom is 0.255 e. The van der Waals surface area contributed by atoms with E-state index in [0.717, 1.165) is 40.9 Å². The van der Waals surface area contributed by atoms with Gasteiger partial charge in [0, 0.05) is 31.0 Å². The fourth-order valence-corrected chi connectivity index (χ4v) is 5.94. The highest BCUT2D eigenvalue weighted by atomic mass is 32.2. The van der Waals surface area contributed by atoms with Crippen molar-refractivity contribution in [2.24, 2.45) is 11.8 Å². The van der Waals surface area contributed by atoms with Crippen LogP contribution in [0.15, 0.2) is 36.7 Å². The first kappa shape index (κ1) is 22.6. The molecule has 9 nitrogen and oxygen atoms in total. The summed E-state index contributed by atoms with van der Waals surface area (Å²) < 4.78 is 27.0. The number of rotatable bonds is 8. The minimum atomic E-state index is -3.33. The standard InChI is InChI=1S/C24H30N6O3S/c1-3-30-23-19(14-27-30)22(28-21-11-16-4-7-17(21)10-16)20(13-25-23)24(31)26-12-15-5-8-18(9-6-15)29-34(2,32)33/h5-6,8-9,13-14,16-17,21,29H,3-4,7,10-12H2,1-2H3,(H,25,28)(H,26,31)/t16-,17+,21-/m0/s1. The molecule has 2 saturated carbocycles. The molecule has 3 N–H and O–H groups in total. The van der Waals surface area contributed by atoms with Gasteiger partial charge in [-0.05, 0) is 55.7 Å². The van der Waals surface area contributed by atoms with E-state index in [2.05, 4.69) is 25.4 Å². The molecule has 3 aromatic rings. The number of fused-ring (bicyclic) bond motifs is 3. The predicted octanol–water partition coefficient (Wildman–Crippen LogP) is 3.35. The van der Waals surface area contributed by atoms with E-state index in [9.17, 15) is 13.2 Å². The third-order valence-corrected chi connectivity index (χ3v) is 7.59. The number of anilines is 2. The van der Waals surface area contributed by atoms with Crippen LogP contribution >= 0.6 is 0 Å². The molecule has 0 aliphatic heterocycles. The maximum atomic E-state index is 13.2. The second-order valence-electron chi connectivity index (χ2n) is 9.42. The first-order chi connectivity index (χ1) is 16.3. The van der Waals surface area contributed by atoms with Gasteiger partial charge in [0.25, 0.3) is 5.91 Å². The van der Waals surface area contributed by atoms with E-state index >= 15 is 0 Å². The lowest BCUT2D eigenvalue weighted by atomic mass is 9.94. The largest absolute Gasteiger partial charge is 0.381 e. The highest BCUT2D eigenvalue weighted by Gasteiger charge is 2.40. The molecule has 2 aromatic heterocycles. The van der Waals surface area contributed by atoms with Gasteiger partial charge in [0.1, 0.15) is 0 Å². The summed E-state index contributed by atoms with van der Waals surface area (Å²) in [4.78, 5) is 17.8. The third kappa shape index (κ3) is 4.59. The monoisotopic (exact) mass is 482 g/mol. The quantitative estimate of drug-likeness (QED) is 0.453. The number of carbonyl (C=O) groups excluding carboxylic acids is 1. The summed E-state index contributed by atoms with van der Waals surface area (Å²) in [5.74, 6) is 1.24. The molecule has 0 saturated heterocycles. The van der Waals surface area contributed by atoms with E-state index in [4.69, 9.17) is 0 Å². The van der Waals surface area contributed by atoms with Crippen molar-refractivity contribution in [3.8, 4) is 0 Å². The second kappa shape index (κ2) is 8.90. The SMILES string of the molecule is CCn1ncc2c(N[C@H]3C[C@H]4CC[C@@H]3C4)c(C(=O)NCc3ccc(NS(C)(=O)=O)cc3)cnc21. The summed E-state index contributed by atoms with van der Waals surface area (Å²) in [6, 6.07) is 7.30. The van der Waals surface area contributed by atoms with Crippen LogP contribution in [0.1, 0.15) is 48.5 Å². The first-order valence-corrected chi connectivity index (χ1v) is 13.7. The van der Waals surface area contributed by atoms with Gasteiger partial charge in [-0.2, -0.15) is 5.10 Å². The Balaban J connectivity index is 1.36. The van der Waals surface area contributed by atoms with Gasteiger partial charge >= 0.3 is 0 Å². The third-order valence-electron chi connectivity index (χ3n) is 6.99. The van der Waals surface area contributed by atoms with Crippen molar-refractivity contribution in [1.29, 1.82) is 0 Å². The zero-order valence-electron chi connectivity index (χ0n) is 19.4. The normalized spacial score (nSPS) is 21.6. The topological polar surface area (TPSA) is 118 Å². The highest BCUT2D eigenvalue weighted by molar-refractivity contribution is 7.92. The fraction of sp³-hybridized carbons (Fsp3) is 0.458. The Morgan fingerprint density at radius 1 is 1.15 bits per heavy atom. The predicted molar refractivity (Wildman–Crippen MR) is 132 cm³/mol. The van der Waals surface area contributed by atoms with Gasteiger partial charge in [-0.25, -0.2) is 18.1 Å². The average Bonchev–Trinajstić information content (AvgIpc) is 3.53. The lowest BCUT2D eigenvalue weighted by molar-refractivity contribution is 0.0951. The van der Waals surface area contributed by atoms with Gasteiger partial charge in [-0.3, -0.25) is 9.52 Å². The lowest BCUT2D eigenvalue weighted by Crippen LogP contribution is -2.29. The van der Waals surface area contributed by atoms with E-state index < -0.39 is 10.0 Å². The summed E-state index contributed by atoms with van der Waals surface area (Å²) in [5, 5.41) is 12.0. The Hall–Kier alpha value is -3.14. The van der Waals surface area contributed by atoms with Crippen LogP contribution in [0.4, 0.5) is 11.4 Å². The van der Waals surface area contributed by atoms with E-state index in [0.29, 0.717) is 36.3 Å². The summed E-state index contributed by atoms with van der Waals surface area (Å²) in [6.45, 7) is 3.05. The molecule has 2 aliphatic rings. The fourth-order valence-electron chi connectivity index (χ4n) is 5.38. The molecule has 3 atom stereocenters. The number of sulfonamides is 1. The molecule has 0 unspecified atom stereocenters. The van der Waals surface area contributed by atoms with Crippen LogP contribution in [-0.4, -0.2) is 41.4 Å². The van der Waals surface area contributed by atoms with Gasteiger partial charge in [-0.1, -0.05) is 18.6 Å². The minimum absolute atomic E-state index is 0.206. The van der Waals surface area contributed by atoms with E-state index in [1.54, 1.807) is 36.7 Å². The molecule has 5 rings (SSSR count). The Morgan fingerprint density at radius 3 is 2.59 bits per heavy atom. The van der Waals surface area contributed by atoms with Gasteiger partial charge in [0.15, 0.2) is 5.65 Å². The van der Waals surface area contributed by atoms with Crippen molar-refractivity contribution in [1.82, 2.24) is 20.1 Å². The molecular formula is C24H30N6O3S. The minimum Gasteiger partial charge on any atom is -0.381 e. The van der Waals surface area contributed by atoms with Crippen LogP contribution in [0.5, 0.6) is 0 Å². The highest BCUT2D eigenvalue weighted by Crippen LogP contribution is 2.46. The number of nitrogens with zero attached hydrogens (tertiary/aromatic N) is 3. The smallest absolute Gasteiger partial charge is 0.255 e. The number of aryl methyl sites for hydroxylation is 1. The number of hydrogen-bond donors (Lipinski definition) is 3. The van der Waals surface area contributed by atoms with Crippen LogP contribution in [-0.2, 0) is 23.1 Å². The Labute approximate surface area is 199 Å². The Kier molecular flexibility index (Phi) is 5.93. The number of carbonyl (C=O) groups is 1. The van der Waals surface area contributed by atoms with Crippen molar-refractivity contribution in [3.05, 3.63) is 47.8 Å². The van der Waals surface area contributed by atoms with Gasteiger partial charge < -0.3 is 10.6 Å². The number of aromatic nitrogens is 3. The number of amides is 1. The molecular weight excluding hydrogens is 452 g/mol. The summed E-state index contributed by atoms with van der Waals surface area (Å²) in [6.07, 6.45) is 9.52. The molecule has 1 aromatic carbocycles. The Morgan fingerprint density at radius 2 is 1.94 bits per heavy atom. The van der Waals surface area contributed by atoms with E-state index in [1.165, 1.54) is 19.3 Å². The molecule has 2 heterocycles. The first-order valence-electron chi connectivity index (χ1n) is 11.8. The summed E-state index contributed by atoms with van der Waals surface area (Å²) >= 11 is 0. The molecule has 2 fully saturated rings. The van der Waals surface area contributed by atoms with Crippen molar-refractivity contribution in [3.63, 3.8) is 0 Å². The summed E-state index contributed by atoms with van der Waals surface area (Å²) in [7, 11) is -3.33. The molecule has 34 heavy (non-hydrogen) atoms. The number of hydrogen-bond acceptors (Lipinski definition) is 6. The molecule has 180 valence electrons. The van der Waals surface area contributed by atoms with Gasteiger partial charge in [0.2, 0.25) is 10.0 Å². The second-order valence-corrected chi connectivity index (χ2v) is 11.2. The van der Waals surface area contributed by atoms with Crippen LogP contribution < -0.4 is 15.4 Å². The number of pyridine rings is 1. The molecule has 0 spiro atoms. The maximum absolute atomic E-state index is 13.2.